The highest BCUT2D eigenvalue weighted by molar-refractivity contribution is 5.70. The predicted molar refractivity (Wildman–Crippen MR) is 63.5 cm³/mol. The van der Waals surface area contributed by atoms with Crippen LogP contribution in [0.25, 0.3) is 0 Å². The van der Waals surface area contributed by atoms with Gasteiger partial charge in [0.1, 0.15) is 6.61 Å². The Hall–Kier alpha value is -1.81. The van der Waals surface area contributed by atoms with Gasteiger partial charge in [-0.2, -0.15) is 0 Å². The van der Waals surface area contributed by atoms with Crippen LogP contribution in [0.4, 0.5) is 4.79 Å². The fraction of sp³-hybridized carbons (Fsp3) is 0.308. The zero-order valence-corrected chi connectivity index (χ0v) is 9.46. The van der Waals surface area contributed by atoms with E-state index < -0.39 is 0 Å². The Morgan fingerprint density at radius 1 is 1.41 bits per heavy atom. The molecule has 0 bridgehead atoms. The first-order chi connectivity index (χ1) is 8.34. The highest BCUT2D eigenvalue weighted by atomic mass is 16.6. The Bertz CT molecular complexity index is 389. The lowest BCUT2D eigenvalue weighted by Crippen LogP contribution is -2.23. The molecule has 4 nitrogen and oxygen atoms in total. The van der Waals surface area contributed by atoms with Gasteiger partial charge in [0.15, 0.2) is 0 Å². The fourth-order valence-corrected chi connectivity index (χ4v) is 1.54. The van der Waals surface area contributed by atoms with Crippen molar-refractivity contribution >= 4 is 6.09 Å². The maximum Gasteiger partial charge on any atom is 0.407 e. The summed E-state index contributed by atoms with van der Waals surface area (Å²) in [6.45, 7) is 1.52. The van der Waals surface area contributed by atoms with E-state index in [0.29, 0.717) is 19.8 Å². The summed E-state index contributed by atoms with van der Waals surface area (Å²) in [5.41, 5.74) is 1.15. The zero-order chi connectivity index (χ0) is 11.9. The molecule has 4 heteroatoms. The SMILES string of the molecule is O=C1N[C@H](/C=C/COCc2ccccc2)CO1. The molecule has 1 aromatic carbocycles. The second-order valence-electron chi connectivity index (χ2n) is 3.78. The largest absolute Gasteiger partial charge is 0.447 e. The van der Waals surface area contributed by atoms with E-state index in [1.807, 2.05) is 42.5 Å². The van der Waals surface area contributed by atoms with Gasteiger partial charge >= 0.3 is 6.09 Å². The minimum atomic E-state index is -0.357. The van der Waals surface area contributed by atoms with Crippen LogP contribution in [0.3, 0.4) is 0 Å². The van der Waals surface area contributed by atoms with Gasteiger partial charge < -0.3 is 14.8 Å². The van der Waals surface area contributed by atoms with E-state index in [4.69, 9.17) is 9.47 Å². The lowest BCUT2D eigenvalue weighted by Gasteiger charge is -2.02. The van der Waals surface area contributed by atoms with Gasteiger partial charge in [0, 0.05) is 0 Å². The monoisotopic (exact) mass is 233 g/mol. The van der Waals surface area contributed by atoms with Crippen LogP contribution in [0, 0.1) is 0 Å². The number of carbonyl (C=O) groups excluding carboxylic acids is 1. The van der Waals surface area contributed by atoms with E-state index in [0.717, 1.165) is 5.56 Å². The van der Waals surface area contributed by atoms with Crippen LogP contribution in [0.1, 0.15) is 5.56 Å². The number of hydrogen-bond acceptors (Lipinski definition) is 3. The average Bonchev–Trinajstić information content (AvgIpc) is 2.76. The molecule has 0 saturated carbocycles. The van der Waals surface area contributed by atoms with E-state index in [1.54, 1.807) is 0 Å². The lowest BCUT2D eigenvalue weighted by molar-refractivity contribution is 0.148. The summed E-state index contributed by atoms with van der Waals surface area (Å²) >= 11 is 0. The molecule has 1 aliphatic rings. The number of carbonyl (C=O) groups is 1. The third-order valence-electron chi connectivity index (χ3n) is 2.39. The van der Waals surface area contributed by atoms with Gasteiger partial charge in [-0.15, -0.1) is 0 Å². The number of ether oxygens (including phenoxy) is 2. The normalized spacial score (nSPS) is 19.3. The van der Waals surface area contributed by atoms with E-state index >= 15 is 0 Å². The maximum absolute atomic E-state index is 10.7. The Kier molecular flexibility index (Phi) is 4.16. The molecule has 1 N–H and O–H groups in total. The Morgan fingerprint density at radius 2 is 2.24 bits per heavy atom. The topological polar surface area (TPSA) is 47.6 Å². The molecule has 90 valence electrons. The van der Waals surface area contributed by atoms with Crippen molar-refractivity contribution < 1.29 is 14.3 Å². The molecule has 0 radical (unpaired) electrons. The van der Waals surface area contributed by atoms with E-state index in [9.17, 15) is 4.79 Å². The molecule has 0 unspecified atom stereocenters. The summed E-state index contributed by atoms with van der Waals surface area (Å²) in [6.07, 6.45) is 3.42. The quantitative estimate of drug-likeness (QED) is 0.624. The van der Waals surface area contributed by atoms with Crippen molar-refractivity contribution in [3.63, 3.8) is 0 Å². The Labute approximate surface area is 100 Å². The number of rotatable bonds is 5. The van der Waals surface area contributed by atoms with Crippen LogP contribution in [0.2, 0.25) is 0 Å². The van der Waals surface area contributed by atoms with E-state index in [2.05, 4.69) is 5.32 Å². The highest BCUT2D eigenvalue weighted by Gasteiger charge is 2.18. The second-order valence-corrected chi connectivity index (χ2v) is 3.78. The van der Waals surface area contributed by atoms with Gasteiger partial charge in [0.05, 0.1) is 19.3 Å². The van der Waals surface area contributed by atoms with Gasteiger partial charge in [-0.3, -0.25) is 0 Å². The van der Waals surface area contributed by atoms with Crippen molar-refractivity contribution in [2.75, 3.05) is 13.2 Å². The number of hydrogen-bond donors (Lipinski definition) is 1. The van der Waals surface area contributed by atoms with E-state index in [-0.39, 0.29) is 12.1 Å². The number of nitrogens with one attached hydrogen (secondary N) is 1. The summed E-state index contributed by atoms with van der Waals surface area (Å²) in [5, 5.41) is 2.66. The fourth-order valence-electron chi connectivity index (χ4n) is 1.54. The van der Waals surface area contributed by atoms with E-state index in [1.165, 1.54) is 0 Å². The summed E-state index contributed by atoms with van der Waals surface area (Å²) in [7, 11) is 0. The number of alkyl carbamates (subject to hydrolysis) is 1. The zero-order valence-electron chi connectivity index (χ0n) is 9.46. The lowest BCUT2D eigenvalue weighted by atomic mass is 10.2. The van der Waals surface area contributed by atoms with Crippen molar-refractivity contribution in [3.05, 3.63) is 48.0 Å². The first-order valence-corrected chi connectivity index (χ1v) is 5.56. The third kappa shape index (κ3) is 3.92. The van der Waals surface area contributed by atoms with Gasteiger partial charge in [0.25, 0.3) is 0 Å². The van der Waals surface area contributed by atoms with Crippen molar-refractivity contribution in [2.45, 2.75) is 12.6 Å². The molecule has 2 rings (SSSR count). The number of cyclic esters (lactones) is 1. The standard InChI is InChI=1S/C13H15NO3/c15-13-14-12(10-17-13)7-4-8-16-9-11-5-2-1-3-6-11/h1-7,12H,8-10H2,(H,14,15)/b7-4+/t12-/m1/s1. The van der Waals surface area contributed by atoms with Crippen LogP contribution < -0.4 is 5.32 Å². The van der Waals surface area contributed by atoms with Crippen LogP contribution in [-0.2, 0) is 16.1 Å². The molecule has 1 heterocycles. The van der Waals surface area contributed by atoms with Crippen molar-refractivity contribution in [1.29, 1.82) is 0 Å². The van der Waals surface area contributed by atoms with Crippen molar-refractivity contribution in [3.8, 4) is 0 Å². The van der Waals surface area contributed by atoms with Gasteiger partial charge in [-0.05, 0) is 5.56 Å². The summed E-state index contributed by atoms with van der Waals surface area (Å²) in [6, 6.07) is 9.97. The molecule has 1 amide bonds. The van der Waals surface area contributed by atoms with Gasteiger partial charge in [-0.1, -0.05) is 42.5 Å². The first kappa shape index (κ1) is 11.7. The van der Waals surface area contributed by atoms with Crippen molar-refractivity contribution in [1.82, 2.24) is 5.32 Å². The third-order valence-corrected chi connectivity index (χ3v) is 2.39. The minimum absolute atomic E-state index is 0.0252. The Morgan fingerprint density at radius 3 is 2.94 bits per heavy atom. The van der Waals surface area contributed by atoms with Crippen LogP contribution in [0.15, 0.2) is 42.5 Å². The van der Waals surface area contributed by atoms with Crippen LogP contribution >= 0.6 is 0 Å². The highest BCUT2D eigenvalue weighted by Crippen LogP contribution is 2.01. The second kappa shape index (κ2) is 6.06. The molecular formula is C13H15NO3. The summed E-state index contributed by atoms with van der Waals surface area (Å²) in [4.78, 5) is 10.7. The first-order valence-electron chi connectivity index (χ1n) is 5.56. The molecule has 0 spiro atoms. The molecule has 1 aromatic rings. The molecule has 0 aliphatic carbocycles. The van der Waals surface area contributed by atoms with Gasteiger partial charge in [0.2, 0.25) is 0 Å². The van der Waals surface area contributed by atoms with Crippen LogP contribution in [0.5, 0.6) is 0 Å². The average molecular weight is 233 g/mol. The summed E-state index contributed by atoms with van der Waals surface area (Å²) in [5.74, 6) is 0. The smallest absolute Gasteiger partial charge is 0.407 e. The molecule has 1 fully saturated rings. The molecule has 1 saturated heterocycles. The molecular weight excluding hydrogens is 218 g/mol. The molecule has 1 aliphatic heterocycles. The number of benzene rings is 1. The summed E-state index contributed by atoms with van der Waals surface area (Å²) < 4.78 is 10.2. The maximum atomic E-state index is 10.7. The molecule has 17 heavy (non-hydrogen) atoms. The predicted octanol–water partition coefficient (Wildman–Crippen LogP) is 1.87. The van der Waals surface area contributed by atoms with Gasteiger partial charge in [-0.25, -0.2) is 4.79 Å². The van der Waals surface area contributed by atoms with Crippen molar-refractivity contribution in [2.24, 2.45) is 0 Å². The minimum Gasteiger partial charge on any atom is -0.447 e. The molecule has 1 atom stereocenters. The van der Waals surface area contributed by atoms with Crippen LogP contribution in [-0.4, -0.2) is 25.3 Å². The number of amides is 1. The molecule has 0 aromatic heterocycles. The Balaban J connectivity index is 1.63.